The van der Waals surface area contributed by atoms with E-state index in [2.05, 4.69) is 12.1 Å². The molecule has 0 unspecified atom stereocenters. The highest BCUT2D eigenvalue weighted by Crippen LogP contribution is 2.28. The lowest BCUT2D eigenvalue weighted by Gasteiger charge is -2.26. The van der Waals surface area contributed by atoms with Gasteiger partial charge in [-0.1, -0.05) is 29.8 Å². The van der Waals surface area contributed by atoms with Crippen LogP contribution in [0.2, 0.25) is 0 Å². The number of amides is 1. The number of nitrogens with zero attached hydrogens (tertiary/aromatic N) is 1. The molecule has 1 aliphatic heterocycles. The lowest BCUT2D eigenvalue weighted by atomic mass is 9.96. The zero-order valence-electron chi connectivity index (χ0n) is 14.2. The largest absolute Gasteiger partial charge is 0.480 e. The Morgan fingerprint density at radius 3 is 2.39 bits per heavy atom. The van der Waals surface area contributed by atoms with Gasteiger partial charge in [0.05, 0.1) is 0 Å². The molecule has 1 fully saturated rings. The number of benzene rings is 1. The van der Waals surface area contributed by atoms with Crippen molar-refractivity contribution in [1.82, 2.24) is 4.90 Å². The topological polar surface area (TPSA) is 66.8 Å². The van der Waals surface area contributed by atoms with E-state index in [1.807, 2.05) is 19.1 Å². The van der Waals surface area contributed by atoms with Crippen LogP contribution in [0.3, 0.4) is 0 Å². The lowest BCUT2D eigenvalue weighted by molar-refractivity contribution is -0.142. The van der Waals surface area contributed by atoms with Crippen LogP contribution in [0, 0.1) is 12.8 Å². The van der Waals surface area contributed by atoms with E-state index in [1.165, 1.54) is 10.5 Å². The molecule has 2 atom stereocenters. The molecule has 23 heavy (non-hydrogen) atoms. The number of rotatable bonds is 3. The van der Waals surface area contributed by atoms with Crippen molar-refractivity contribution >= 4 is 12.1 Å². The lowest BCUT2D eigenvalue weighted by Crippen LogP contribution is -2.43. The van der Waals surface area contributed by atoms with Crippen molar-refractivity contribution in [3.63, 3.8) is 0 Å². The summed E-state index contributed by atoms with van der Waals surface area (Å²) >= 11 is 0. The third-order valence-corrected chi connectivity index (χ3v) is 3.95. The van der Waals surface area contributed by atoms with Gasteiger partial charge in [-0.15, -0.1) is 0 Å². The van der Waals surface area contributed by atoms with Crippen molar-refractivity contribution in [1.29, 1.82) is 0 Å². The van der Waals surface area contributed by atoms with Gasteiger partial charge in [-0.05, 0) is 52.0 Å². The van der Waals surface area contributed by atoms with Crippen molar-refractivity contribution in [2.45, 2.75) is 52.2 Å². The maximum Gasteiger partial charge on any atom is 0.411 e. The first-order chi connectivity index (χ1) is 10.7. The molecule has 1 N–H and O–H groups in total. The standard InChI is InChI=1S/C18H25NO4/c1-12-5-7-13(8-6-12)9-14-10-15(16(20)21)19(11-14)17(22)23-18(2,3)4/h5-8,14-15H,9-11H2,1-4H3,(H,20,21)/t14-,15-/m1/s1. The number of hydrogen-bond donors (Lipinski definition) is 1. The van der Waals surface area contributed by atoms with E-state index in [9.17, 15) is 14.7 Å². The second-order valence-electron chi connectivity index (χ2n) is 7.28. The van der Waals surface area contributed by atoms with Crippen molar-refractivity contribution in [3.05, 3.63) is 35.4 Å². The van der Waals surface area contributed by atoms with Gasteiger partial charge in [0.2, 0.25) is 0 Å². The molecule has 0 aliphatic carbocycles. The molecule has 1 aliphatic rings. The molecule has 1 aromatic rings. The van der Waals surface area contributed by atoms with Crippen molar-refractivity contribution < 1.29 is 19.4 Å². The number of carbonyl (C=O) groups is 2. The minimum Gasteiger partial charge on any atom is -0.480 e. The van der Waals surface area contributed by atoms with E-state index in [0.29, 0.717) is 13.0 Å². The second kappa shape index (κ2) is 6.60. The van der Waals surface area contributed by atoms with Crippen LogP contribution in [0.1, 0.15) is 38.3 Å². The summed E-state index contributed by atoms with van der Waals surface area (Å²) in [5, 5.41) is 9.40. The molecule has 5 nitrogen and oxygen atoms in total. The number of carbonyl (C=O) groups excluding carboxylic acids is 1. The molecule has 0 aromatic heterocycles. The first-order valence-corrected chi connectivity index (χ1v) is 7.93. The Bertz CT molecular complexity index is 574. The molecule has 0 radical (unpaired) electrons. The van der Waals surface area contributed by atoms with Crippen LogP contribution < -0.4 is 0 Å². The molecule has 0 saturated carbocycles. The van der Waals surface area contributed by atoms with Gasteiger partial charge in [0.1, 0.15) is 11.6 Å². The van der Waals surface area contributed by atoms with Crippen LogP contribution in [0.25, 0.3) is 0 Å². The first-order valence-electron chi connectivity index (χ1n) is 7.93. The summed E-state index contributed by atoms with van der Waals surface area (Å²) in [7, 11) is 0. The SMILES string of the molecule is Cc1ccc(C[C@@H]2C[C@H](C(=O)O)N(C(=O)OC(C)(C)C)C2)cc1. The maximum atomic E-state index is 12.3. The summed E-state index contributed by atoms with van der Waals surface area (Å²) in [6.07, 6.45) is 0.683. The maximum absolute atomic E-state index is 12.3. The molecular formula is C18H25NO4. The van der Waals surface area contributed by atoms with E-state index in [0.717, 1.165) is 12.0 Å². The number of hydrogen-bond acceptors (Lipinski definition) is 3. The number of carboxylic acid groups (broad SMARTS) is 1. The van der Waals surface area contributed by atoms with Gasteiger partial charge in [0, 0.05) is 6.54 Å². The Balaban J connectivity index is 2.06. The Morgan fingerprint density at radius 2 is 1.87 bits per heavy atom. The third-order valence-electron chi connectivity index (χ3n) is 3.95. The predicted octanol–water partition coefficient (Wildman–Crippen LogP) is 3.25. The first kappa shape index (κ1) is 17.3. The molecule has 1 amide bonds. The highest BCUT2D eigenvalue weighted by molar-refractivity contribution is 5.81. The normalized spacial score (nSPS) is 21.3. The summed E-state index contributed by atoms with van der Waals surface area (Å²) in [5.41, 5.74) is 1.73. The zero-order chi connectivity index (χ0) is 17.2. The monoisotopic (exact) mass is 319 g/mol. The van der Waals surface area contributed by atoms with Crippen LogP contribution in [0.4, 0.5) is 4.79 Å². The van der Waals surface area contributed by atoms with Gasteiger partial charge in [0.15, 0.2) is 0 Å². The molecule has 1 aromatic carbocycles. The van der Waals surface area contributed by atoms with Crippen molar-refractivity contribution in [2.75, 3.05) is 6.54 Å². The van der Waals surface area contributed by atoms with Crippen LogP contribution in [0.15, 0.2) is 24.3 Å². The van der Waals surface area contributed by atoms with Crippen LogP contribution in [-0.4, -0.2) is 40.3 Å². The minimum absolute atomic E-state index is 0.131. The molecule has 2 rings (SSSR count). The fraction of sp³-hybridized carbons (Fsp3) is 0.556. The molecule has 126 valence electrons. The fourth-order valence-corrected chi connectivity index (χ4v) is 2.88. The summed E-state index contributed by atoms with van der Waals surface area (Å²) in [6.45, 7) is 7.78. The van der Waals surface area contributed by atoms with Crippen molar-refractivity contribution in [3.8, 4) is 0 Å². The summed E-state index contributed by atoms with van der Waals surface area (Å²) in [5.74, 6) is -0.839. The quantitative estimate of drug-likeness (QED) is 0.928. The average Bonchev–Trinajstić information content (AvgIpc) is 2.84. The Labute approximate surface area is 137 Å². The van der Waals surface area contributed by atoms with Crippen LogP contribution in [0.5, 0.6) is 0 Å². The van der Waals surface area contributed by atoms with Crippen molar-refractivity contribution in [2.24, 2.45) is 5.92 Å². The predicted molar refractivity (Wildman–Crippen MR) is 87.4 cm³/mol. The van der Waals surface area contributed by atoms with E-state index in [1.54, 1.807) is 20.8 Å². The molecule has 1 saturated heterocycles. The number of aryl methyl sites for hydroxylation is 1. The van der Waals surface area contributed by atoms with Gasteiger partial charge in [-0.2, -0.15) is 0 Å². The van der Waals surface area contributed by atoms with Gasteiger partial charge >= 0.3 is 12.1 Å². The van der Waals surface area contributed by atoms with Crippen LogP contribution in [-0.2, 0) is 16.0 Å². The van der Waals surface area contributed by atoms with Gasteiger partial charge < -0.3 is 9.84 Å². The van der Waals surface area contributed by atoms with E-state index in [4.69, 9.17) is 4.74 Å². The summed E-state index contributed by atoms with van der Waals surface area (Å²) < 4.78 is 5.34. The number of aliphatic carboxylic acids is 1. The third kappa shape index (κ3) is 4.71. The van der Waals surface area contributed by atoms with Gasteiger partial charge in [-0.25, -0.2) is 9.59 Å². The molecule has 5 heteroatoms. The Hall–Kier alpha value is -2.04. The van der Waals surface area contributed by atoms with E-state index >= 15 is 0 Å². The Kier molecular flexibility index (Phi) is 4.97. The number of ether oxygens (including phenoxy) is 1. The molecule has 0 spiro atoms. The number of likely N-dealkylation sites (tertiary alicyclic amines) is 1. The summed E-state index contributed by atoms with van der Waals surface area (Å²) in [4.78, 5) is 25.1. The number of carboxylic acids is 1. The molecule has 1 heterocycles. The fourth-order valence-electron chi connectivity index (χ4n) is 2.88. The highest BCUT2D eigenvalue weighted by Gasteiger charge is 2.41. The van der Waals surface area contributed by atoms with E-state index < -0.39 is 23.7 Å². The molecular weight excluding hydrogens is 294 g/mol. The van der Waals surface area contributed by atoms with Gasteiger partial charge in [0.25, 0.3) is 0 Å². The van der Waals surface area contributed by atoms with E-state index in [-0.39, 0.29) is 5.92 Å². The summed E-state index contributed by atoms with van der Waals surface area (Å²) in [6, 6.07) is 7.40. The Morgan fingerprint density at radius 1 is 1.26 bits per heavy atom. The zero-order valence-corrected chi connectivity index (χ0v) is 14.2. The molecule has 0 bridgehead atoms. The van der Waals surface area contributed by atoms with Gasteiger partial charge in [-0.3, -0.25) is 4.90 Å². The highest BCUT2D eigenvalue weighted by atomic mass is 16.6. The smallest absolute Gasteiger partial charge is 0.411 e. The second-order valence-corrected chi connectivity index (χ2v) is 7.28. The average molecular weight is 319 g/mol. The minimum atomic E-state index is -0.970. The van der Waals surface area contributed by atoms with Crippen LogP contribution >= 0.6 is 0 Å².